The minimum atomic E-state index is -1.23. The van der Waals surface area contributed by atoms with Gasteiger partial charge in [0.25, 0.3) is 5.91 Å². The van der Waals surface area contributed by atoms with Gasteiger partial charge in [-0.05, 0) is 42.3 Å². The quantitative estimate of drug-likeness (QED) is 0.411. The van der Waals surface area contributed by atoms with E-state index in [2.05, 4.69) is 5.32 Å². The molecule has 1 aromatic rings. The number of β-lactam (4-membered cyclic amide) rings is 1. The normalized spacial score (nSPS) is 25.4. The maximum Gasteiger partial charge on any atom is 0.352 e. The summed E-state index contributed by atoms with van der Waals surface area (Å²) in [5, 5.41) is 30.3. The van der Waals surface area contributed by atoms with Gasteiger partial charge in [-0.3, -0.25) is 9.69 Å². The summed E-state index contributed by atoms with van der Waals surface area (Å²) >= 11 is 0. The van der Waals surface area contributed by atoms with Crippen molar-refractivity contribution in [2.24, 2.45) is 5.92 Å². The van der Waals surface area contributed by atoms with Gasteiger partial charge in [-0.2, -0.15) is 5.26 Å². The number of aliphatic carboxylic acids is 1. The van der Waals surface area contributed by atoms with E-state index in [-0.39, 0.29) is 23.4 Å². The summed E-state index contributed by atoms with van der Waals surface area (Å²) in [4.78, 5) is 39.7. The number of urea groups is 1. The van der Waals surface area contributed by atoms with Crippen LogP contribution in [0.1, 0.15) is 6.42 Å². The first-order valence-corrected chi connectivity index (χ1v) is 8.64. The first kappa shape index (κ1) is 17.6. The molecule has 2 fully saturated rings. The van der Waals surface area contributed by atoms with Crippen LogP contribution in [0.3, 0.4) is 0 Å². The first-order chi connectivity index (χ1) is 13.4. The van der Waals surface area contributed by atoms with E-state index in [1.807, 2.05) is 6.07 Å². The number of benzene rings is 1. The summed E-state index contributed by atoms with van der Waals surface area (Å²) in [5.41, 5.74) is 0.765. The smallest absolute Gasteiger partial charge is 0.352 e. The van der Waals surface area contributed by atoms with E-state index in [1.165, 1.54) is 34.1 Å². The summed E-state index contributed by atoms with van der Waals surface area (Å²) in [6.45, 7) is 0.304. The molecule has 3 heterocycles. The van der Waals surface area contributed by atoms with E-state index < -0.39 is 23.9 Å². The Balaban J connectivity index is 1.58. The minimum Gasteiger partial charge on any atom is -0.508 e. The van der Waals surface area contributed by atoms with E-state index in [4.69, 9.17) is 5.26 Å². The fourth-order valence-electron chi connectivity index (χ4n) is 4.21. The number of nitrogens with one attached hydrogen (secondary N) is 1. The Morgan fingerprint density at radius 1 is 1.29 bits per heavy atom. The molecule has 9 heteroatoms. The molecule has 28 heavy (non-hydrogen) atoms. The van der Waals surface area contributed by atoms with E-state index in [0.717, 1.165) is 0 Å². The number of carboxylic acid groups (broad SMARTS) is 1. The number of phenols is 1. The van der Waals surface area contributed by atoms with Crippen LogP contribution in [0.25, 0.3) is 0 Å². The molecule has 3 atom stereocenters. The number of nitriles is 1. The second-order valence-corrected chi connectivity index (χ2v) is 6.88. The van der Waals surface area contributed by atoms with Gasteiger partial charge in [0.1, 0.15) is 17.5 Å². The second kappa shape index (κ2) is 6.42. The topological polar surface area (TPSA) is 134 Å². The fourth-order valence-corrected chi connectivity index (χ4v) is 4.21. The lowest BCUT2D eigenvalue weighted by Gasteiger charge is -2.49. The number of nitrogens with zero attached hydrogens (tertiary/aromatic N) is 3. The molecule has 2 saturated heterocycles. The van der Waals surface area contributed by atoms with Gasteiger partial charge in [-0.15, -0.1) is 0 Å². The molecular formula is C19H16N4O5. The summed E-state index contributed by atoms with van der Waals surface area (Å²) in [5.74, 6) is -1.70. The highest BCUT2D eigenvalue weighted by atomic mass is 16.4. The van der Waals surface area contributed by atoms with Gasteiger partial charge in [-0.1, -0.05) is 0 Å². The SMILES string of the molecule is N#C/C=C/C1=C(C(=O)O)N2C(=O)[C@@H]3[C@H]2[C@H](C1)CN3C(=O)Nc1ccc(O)cc1. The number of carbonyl (C=O) groups excluding carboxylic acids is 2. The number of rotatable bonds is 3. The number of likely N-dealkylation sites (tertiary alicyclic amines) is 1. The van der Waals surface area contributed by atoms with Crippen molar-refractivity contribution in [2.75, 3.05) is 11.9 Å². The third kappa shape index (κ3) is 2.58. The molecule has 0 saturated carbocycles. The van der Waals surface area contributed by atoms with Crippen LogP contribution in [0.15, 0.2) is 47.7 Å². The summed E-state index contributed by atoms with van der Waals surface area (Å²) < 4.78 is 0. The second-order valence-electron chi connectivity index (χ2n) is 6.88. The molecule has 142 valence electrons. The molecule has 0 aliphatic carbocycles. The number of aromatic hydroxyl groups is 1. The van der Waals surface area contributed by atoms with Crippen LogP contribution in [0.2, 0.25) is 0 Å². The zero-order chi connectivity index (χ0) is 20.0. The largest absolute Gasteiger partial charge is 0.508 e. The number of hydrogen-bond donors (Lipinski definition) is 3. The van der Waals surface area contributed by atoms with Gasteiger partial charge in [0.2, 0.25) is 0 Å². The maximum absolute atomic E-state index is 12.7. The molecule has 0 spiro atoms. The van der Waals surface area contributed by atoms with Crippen LogP contribution in [-0.4, -0.2) is 56.5 Å². The number of amides is 3. The van der Waals surface area contributed by atoms with Crippen molar-refractivity contribution in [3.8, 4) is 11.8 Å². The maximum atomic E-state index is 12.7. The molecular weight excluding hydrogens is 364 g/mol. The summed E-state index contributed by atoms with van der Waals surface area (Å²) in [6.07, 6.45) is 2.97. The zero-order valence-electron chi connectivity index (χ0n) is 14.6. The van der Waals surface area contributed by atoms with Crippen molar-refractivity contribution in [2.45, 2.75) is 18.5 Å². The molecule has 1 aromatic carbocycles. The van der Waals surface area contributed by atoms with E-state index in [9.17, 15) is 24.6 Å². The van der Waals surface area contributed by atoms with Crippen LogP contribution >= 0.6 is 0 Å². The standard InChI is InChI=1S/C19H16N4O5/c20-7-1-2-10-8-11-9-22(19(28)21-12-3-5-13(24)6-4-12)16-14(11)23(17(16)25)15(10)18(26)27/h1-6,11,14,16,24H,8-9H2,(H,21,28)(H,26,27)/b2-1+/t11-,14-,16+/m1/s1. The molecule has 9 nitrogen and oxygen atoms in total. The van der Waals surface area contributed by atoms with Crippen molar-refractivity contribution < 1.29 is 24.6 Å². The first-order valence-electron chi connectivity index (χ1n) is 8.64. The van der Waals surface area contributed by atoms with Gasteiger partial charge in [0.05, 0.1) is 12.1 Å². The minimum absolute atomic E-state index is 0.0697. The van der Waals surface area contributed by atoms with Crippen molar-refractivity contribution in [3.63, 3.8) is 0 Å². The molecule has 3 N–H and O–H groups in total. The van der Waals surface area contributed by atoms with E-state index in [1.54, 1.807) is 12.1 Å². The van der Waals surface area contributed by atoms with Gasteiger partial charge in [-0.25, -0.2) is 9.59 Å². The third-order valence-electron chi connectivity index (χ3n) is 5.33. The highest BCUT2D eigenvalue weighted by Crippen LogP contribution is 2.47. The number of carbonyl (C=O) groups is 3. The zero-order valence-corrected chi connectivity index (χ0v) is 14.6. The lowest BCUT2D eigenvalue weighted by atomic mass is 9.79. The van der Waals surface area contributed by atoms with Crippen LogP contribution < -0.4 is 5.32 Å². The fraction of sp³-hybridized carbons (Fsp3) is 0.263. The summed E-state index contributed by atoms with van der Waals surface area (Å²) in [6, 6.07) is 6.26. The Morgan fingerprint density at radius 3 is 2.64 bits per heavy atom. The highest BCUT2D eigenvalue weighted by molar-refractivity contribution is 6.04. The van der Waals surface area contributed by atoms with E-state index in [0.29, 0.717) is 24.2 Å². The van der Waals surface area contributed by atoms with Crippen molar-refractivity contribution >= 4 is 23.6 Å². The highest BCUT2D eigenvalue weighted by Gasteiger charge is 2.63. The van der Waals surface area contributed by atoms with Crippen LogP contribution in [0.4, 0.5) is 10.5 Å². The van der Waals surface area contributed by atoms with E-state index >= 15 is 0 Å². The molecule has 3 aliphatic heterocycles. The Bertz CT molecular complexity index is 975. The molecule has 0 aromatic heterocycles. The Hall–Kier alpha value is -3.80. The number of carboxylic acids is 1. The van der Waals surface area contributed by atoms with Crippen molar-refractivity contribution in [3.05, 3.63) is 47.7 Å². The Morgan fingerprint density at radius 2 is 2.00 bits per heavy atom. The third-order valence-corrected chi connectivity index (χ3v) is 5.33. The number of anilines is 1. The Labute approximate surface area is 159 Å². The molecule has 3 aliphatic rings. The Kier molecular flexibility index (Phi) is 4.04. The number of hydrogen-bond acceptors (Lipinski definition) is 5. The molecule has 0 unspecified atom stereocenters. The predicted molar refractivity (Wildman–Crippen MR) is 95.8 cm³/mol. The number of phenolic OH excluding ortho intramolecular Hbond substituents is 1. The van der Waals surface area contributed by atoms with Gasteiger partial charge < -0.3 is 20.4 Å². The predicted octanol–water partition coefficient (Wildman–Crippen LogP) is 1.26. The van der Waals surface area contributed by atoms with Crippen LogP contribution in [0, 0.1) is 17.2 Å². The van der Waals surface area contributed by atoms with Crippen LogP contribution in [0.5, 0.6) is 5.75 Å². The molecule has 4 rings (SSSR count). The van der Waals surface area contributed by atoms with Gasteiger partial charge in [0.15, 0.2) is 0 Å². The lowest BCUT2D eigenvalue weighted by Crippen LogP contribution is -2.69. The summed E-state index contributed by atoms with van der Waals surface area (Å²) in [7, 11) is 0. The van der Waals surface area contributed by atoms with Crippen molar-refractivity contribution in [1.82, 2.24) is 9.80 Å². The molecule has 0 bridgehead atoms. The average Bonchev–Trinajstić information content (AvgIpc) is 3.03. The van der Waals surface area contributed by atoms with Crippen molar-refractivity contribution in [1.29, 1.82) is 5.26 Å². The monoisotopic (exact) mass is 380 g/mol. The molecule has 0 radical (unpaired) electrons. The number of allylic oxidation sites excluding steroid dienone is 3. The average molecular weight is 380 g/mol. The van der Waals surface area contributed by atoms with Crippen LogP contribution in [-0.2, 0) is 9.59 Å². The lowest BCUT2D eigenvalue weighted by molar-refractivity contribution is -0.155. The van der Waals surface area contributed by atoms with Gasteiger partial charge >= 0.3 is 12.0 Å². The molecule has 3 amide bonds. The van der Waals surface area contributed by atoms with Gasteiger partial charge in [0, 0.05) is 24.2 Å².